The number of sulfonamides is 1. The number of carbonyl (C=O) groups excluding carboxylic acids is 1. The van der Waals surface area contributed by atoms with Crippen molar-refractivity contribution in [2.75, 3.05) is 18.0 Å². The summed E-state index contributed by atoms with van der Waals surface area (Å²) in [6.45, 7) is 0.458. The topological polar surface area (TPSA) is 66.5 Å². The molecule has 0 aliphatic rings. The van der Waals surface area contributed by atoms with Gasteiger partial charge in [0.25, 0.3) is 5.91 Å². The molecule has 23 heavy (non-hydrogen) atoms. The van der Waals surface area contributed by atoms with Gasteiger partial charge in [0.1, 0.15) is 0 Å². The van der Waals surface area contributed by atoms with E-state index >= 15 is 0 Å². The van der Waals surface area contributed by atoms with Crippen molar-refractivity contribution in [3.05, 3.63) is 64.7 Å². The smallest absolute Gasteiger partial charge is 0.253 e. The number of carbonyl (C=O) groups is 1. The Morgan fingerprint density at radius 2 is 1.65 bits per heavy atom. The van der Waals surface area contributed by atoms with E-state index < -0.39 is 10.0 Å². The van der Waals surface area contributed by atoms with Gasteiger partial charge in [-0.25, -0.2) is 8.42 Å². The Bertz CT molecular complexity index is 787. The first-order valence-corrected chi connectivity index (χ1v) is 9.09. The zero-order valence-electron chi connectivity index (χ0n) is 12.8. The van der Waals surface area contributed by atoms with E-state index in [1.165, 1.54) is 0 Å². The minimum absolute atomic E-state index is 0.147. The Balaban J connectivity index is 2.05. The number of anilines is 1. The lowest BCUT2D eigenvalue weighted by molar-refractivity contribution is 0.0785. The molecule has 0 spiro atoms. The Kier molecular flexibility index (Phi) is 5.28. The highest BCUT2D eigenvalue weighted by Crippen LogP contribution is 2.15. The van der Waals surface area contributed by atoms with E-state index in [1.807, 2.05) is 12.1 Å². The molecule has 1 amide bonds. The van der Waals surface area contributed by atoms with Crippen LogP contribution in [-0.4, -0.2) is 32.5 Å². The van der Waals surface area contributed by atoms with Gasteiger partial charge < -0.3 is 4.90 Å². The van der Waals surface area contributed by atoms with Crippen LogP contribution in [0.3, 0.4) is 0 Å². The summed E-state index contributed by atoms with van der Waals surface area (Å²) in [5, 5.41) is 0.650. The molecule has 2 rings (SSSR count). The molecule has 0 aromatic heterocycles. The highest BCUT2D eigenvalue weighted by atomic mass is 35.5. The second-order valence-corrected chi connectivity index (χ2v) is 7.42. The summed E-state index contributed by atoms with van der Waals surface area (Å²) < 4.78 is 24.7. The molecule has 0 unspecified atom stereocenters. The van der Waals surface area contributed by atoms with Crippen LogP contribution in [0.25, 0.3) is 0 Å². The van der Waals surface area contributed by atoms with Crippen LogP contribution in [0, 0.1) is 0 Å². The predicted octanol–water partition coefficient (Wildman–Crippen LogP) is 2.98. The third kappa shape index (κ3) is 5.26. The summed E-state index contributed by atoms with van der Waals surface area (Å²) in [5.41, 5.74) is 1.88. The number of nitrogens with zero attached hydrogens (tertiary/aromatic N) is 1. The van der Waals surface area contributed by atoms with Gasteiger partial charge in [0.05, 0.1) is 6.26 Å². The van der Waals surface area contributed by atoms with Gasteiger partial charge in [-0.2, -0.15) is 0 Å². The summed E-state index contributed by atoms with van der Waals surface area (Å²) in [5.74, 6) is -0.147. The van der Waals surface area contributed by atoms with Crippen LogP contribution in [0.15, 0.2) is 48.5 Å². The van der Waals surface area contributed by atoms with Crippen molar-refractivity contribution in [1.82, 2.24) is 4.90 Å². The standard InChI is InChI=1S/C16H17ClN2O3S/c1-19(11-12-3-7-14(17)8-4-12)16(20)13-5-9-15(10-6-13)18-23(2,21)22/h3-10,18H,11H2,1-2H3. The Morgan fingerprint density at radius 1 is 1.09 bits per heavy atom. The highest BCUT2D eigenvalue weighted by molar-refractivity contribution is 7.92. The molecule has 0 aliphatic carbocycles. The molecule has 0 saturated carbocycles. The lowest BCUT2D eigenvalue weighted by Gasteiger charge is -2.17. The van der Waals surface area contributed by atoms with Gasteiger partial charge in [0, 0.05) is 29.9 Å². The van der Waals surface area contributed by atoms with Crippen molar-refractivity contribution in [1.29, 1.82) is 0 Å². The van der Waals surface area contributed by atoms with Crippen LogP contribution < -0.4 is 4.72 Å². The molecule has 0 saturated heterocycles. The van der Waals surface area contributed by atoms with Crippen molar-refractivity contribution in [3.8, 4) is 0 Å². The molecular formula is C16H17ClN2O3S. The summed E-state index contributed by atoms with van der Waals surface area (Å²) >= 11 is 5.84. The zero-order chi connectivity index (χ0) is 17.0. The number of nitrogens with one attached hydrogen (secondary N) is 1. The van der Waals surface area contributed by atoms with Crippen LogP contribution in [-0.2, 0) is 16.6 Å². The maximum absolute atomic E-state index is 12.4. The third-order valence-corrected chi connectivity index (χ3v) is 3.97. The van der Waals surface area contributed by atoms with Crippen LogP contribution >= 0.6 is 11.6 Å². The minimum atomic E-state index is -3.33. The predicted molar refractivity (Wildman–Crippen MR) is 92.2 cm³/mol. The second kappa shape index (κ2) is 7.02. The highest BCUT2D eigenvalue weighted by Gasteiger charge is 2.12. The second-order valence-electron chi connectivity index (χ2n) is 5.24. The van der Waals surface area contributed by atoms with E-state index in [2.05, 4.69) is 4.72 Å². The molecule has 0 bridgehead atoms. The average Bonchev–Trinajstić information content (AvgIpc) is 2.48. The number of benzene rings is 2. The number of halogens is 1. The largest absolute Gasteiger partial charge is 0.337 e. The normalized spacial score (nSPS) is 11.1. The Hall–Kier alpha value is -2.05. The fourth-order valence-corrected chi connectivity index (χ4v) is 2.74. The summed E-state index contributed by atoms with van der Waals surface area (Å²) in [4.78, 5) is 14.0. The van der Waals surface area contributed by atoms with Crippen molar-refractivity contribution in [2.45, 2.75) is 6.54 Å². The molecule has 0 fully saturated rings. The fraction of sp³-hybridized carbons (Fsp3) is 0.188. The van der Waals surface area contributed by atoms with E-state index in [0.29, 0.717) is 22.8 Å². The first-order chi connectivity index (χ1) is 10.7. The summed E-state index contributed by atoms with van der Waals surface area (Å²) in [6.07, 6.45) is 1.08. The van der Waals surface area contributed by atoms with E-state index in [0.717, 1.165) is 11.8 Å². The van der Waals surface area contributed by atoms with Crippen molar-refractivity contribution in [2.24, 2.45) is 0 Å². The molecule has 2 aromatic rings. The van der Waals surface area contributed by atoms with Crippen LogP contribution in [0.1, 0.15) is 15.9 Å². The van der Waals surface area contributed by atoms with Gasteiger partial charge in [-0.1, -0.05) is 23.7 Å². The van der Waals surface area contributed by atoms with E-state index in [9.17, 15) is 13.2 Å². The van der Waals surface area contributed by atoms with Crippen molar-refractivity contribution < 1.29 is 13.2 Å². The van der Waals surface area contributed by atoms with Gasteiger partial charge >= 0.3 is 0 Å². The molecule has 0 atom stereocenters. The summed E-state index contributed by atoms with van der Waals surface area (Å²) in [6, 6.07) is 13.6. The maximum Gasteiger partial charge on any atom is 0.253 e. The van der Waals surface area contributed by atoms with Gasteiger partial charge in [0.2, 0.25) is 10.0 Å². The first-order valence-electron chi connectivity index (χ1n) is 6.82. The van der Waals surface area contributed by atoms with Gasteiger partial charge in [-0.3, -0.25) is 9.52 Å². The average molecular weight is 353 g/mol. The first kappa shape index (κ1) is 17.3. The fourth-order valence-electron chi connectivity index (χ4n) is 2.05. The van der Waals surface area contributed by atoms with E-state index in [4.69, 9.17) is 11.6 Å². The number of hydrogen-bond acceptors (Lipinski definition) is 3. The number of hydrogen-bond donors (Lipinski definition) is 1. The van der Waals surface area contributed by atoms with Crippen LogP contribution in [0.2, 0.25) is 5.02 Å². The maximum atomic E-state index is 12.4. The van der Waals surface area contributed by atoms with Crippen molar-refractivity contribution in [3.63, 3.8) is 0 Å². The molecule has 2 aromatic carbocycles. The summed E-state index contributed by atoms with van der Waals surface area (Å²) in [7, 11) is -1.62. The lowest BCUT2D eigenvalue weighted by atomic mass is 10.1. The molecule has 5 nitrogen and oxygen atoms in total. The van der Waals surface area contributed by atoms with Crippen LogP contribution in [0.5, 0.6) is 0 Å². The lowest BCUT2D eigenvalue weighted by Crippen LogP contribution is -2.26. The van der Waals surface area contributed by atoms with E-state index in [1.54, 1.807) is 48.3 Å². The van der Waals surface area contributed by atoms with Gasteiger partial charge in [-0.05, 0) is 42.0 Å². The molecule has 122 valence electrons. The molecule has 0 radical (unpaired) electrons. The number of rotatable bonds is 5. The Morgan fingerprint density at radius 3 is 2.17 bits per heavy atom. The van der Waals surface area contributed by atoms with Gasteiger partial charge in [0.15, 0.2) is 0 Å². The van der Waals surface area contributed by atoms with Crippen LogP contribution in [0.4, 0.5) is 5.69 Å². The third-order valence-electron chi connectivity index (χ3n) is 3.11. The number of amides is 1. The minimum Gasteiger partial charge on any atom is -0.337 e. The zero-order valence-corrected chi connectivity index (χ0v) is 14.4. The molecule has 7 heteroatoms. The van der Waals surface area contributed by atoms with Crippen molar-refractivity contribution >= 4 is 33.2 Å². The SMILES string of the molecule is CN(Cc1ccc(Cl)cc1)C(=O)c1ccc(NS(C)(=O)=O)cc1. The molecule has 0 aliphatic heterocycles. The van der Waals surface area contributed by atoms with Gasteiger partial charge in [-0.15, -0.1) is 0 Å². The molecule has 1 N–H and O–H groups in total. The molecular weight excluding hydrogens is 336 g/mol. The molecule has 0 heterocycles. The van der Waals surface area contributed by atoms with E-state index in [-0.39, 0.29) is 5.91 Å². The monoisotopic (exact) mass is 352 g/mol. The quantitative estimate of drug-likeness (QED) is 0.899. The Labute approximate surface area is 140 Å².